The lowest BCUT2D eigenvalue weighted by atomic mass is 10.0. The van der Waals surface area contributed by atoms with E-state index >= 15 is 0 Å². The number of hydrogen-bond donors (Lipinski definition) is 8. The summed E-state index contributed by atoms with van der Waals surface area (Å²) in [5, 5.41) is 19.1. The lowest BCUT2D eigenvalue weighted by Gasteiger charge is -2.35. The van der Waals surface area contributed by atoms with Gasteiger partial charge < -0.3 is 58.1 Å². The molecule has 13 rings (SSSR count). The molecule has 0 bridgehead atoms. The normalized spacial score (nSPS) is 16.4. The standard InChI is InChI=1S/C23H34FN7.C16H19ClFN5.C9H5Cl2FN4.C7H16N2.C7H15N.C6H6FN.C3Cl3N3/c1-30-14-12-20(13-15-30)31(2)23-28-21(25-18-9-5-3-4-6-10-18)27-22(29-23)26-19-11-7-8-17(24)16-19;17-14-21-15(19-12-7-3-1-2-4-8-12)23-16(22-14)20-13-9-5-6-11(18)10-13;10-7-14-8(11)16-9(15-7)13-6-3-1-2-5(12)4-6;1-8-7-3-5-9(2)6-4-7;8-7-5-3-1-2-4-6-7;7-5-2-1-3-6(8)4-5;4-1-7-2(5)9-3(6)8-1/h7-8,11,16,18,20H,3-6,9-10,12-15H2,1-2H3,(H2,25,26,27,28,29);5-6,9-10,12H,1-4,7-8H2,(H2,19,20,21,22,23);1-4H,(H,13,14,15,16);7-8H,3-6H2,1-2H3;7H,1-6,8H2;1-4H,8H2;. The maximum atomic E-state index is 13.7. The van der Waals surface area contributed by atoms with E-state index < -0.39 is 0 Å². The summed E-state index contributed by atoms with van der Waals surface area (Å²) in [6.07, 6.45) is 27.4. The van der Waals surface area contributed by atoms with Gasteiger partial charge in [0.15, 0.2) is 0 Å². The average Bonchev–Trinajstić information content (AvgIpc) is 0.852. The molecule has 6 heterocycles. The van der Waals surface area contributed by atoms with Gasteiger partial charge in [0.1, 0.15) is 23.3 Å². The van der Waals surface area contributed by atoms with E-state index in [0.717, 1.165) is 57.7 Å². The monoisotopic (exact) mass is 1560 g/mol. The Hall–Kier alpha value is -7.18. The summed E-state index contributed by atoms with van der Waals surface area (Å²) in [5.41, 5.74) is 13.1. The third-order valence-corrected chi connectivity index (χ3v) is 18.4. The number of aromatic nitrogens is 12. The van der Waals surface area contributed by atoms with Gasteiger partial charge in [0.05, 0.1) is 0 Å². The van der Waals surface area contributed by atoms with Crippen LogP contribution >= 0.6 is 69.6 Å². The molecule has 0 amide bonds. The largest absolute Gasteiger partial charge is 0.399 e. The molecule has 3 saturated carbocycles. The maximum Gasteiger partial charge on any atom is 0.233 e. The number of likely N-dealkylation sites (tertiary alicyclic amines) is 2. The number of benzene rings is 4. The van der Waals surface area contributed by atoms with Crippen LogP contribution in [0.3, 0.4) is 0 Å². The Morgan fingerprint density at radius 3 is 1.08 bits per heavy atom. The molecule has 5 aliphatic rings. The van der Waals surface area contributed by atoms with Crippen LogP contribution in [0.2, 0.25) is 31.7 Å². The van der Waals surface area contributed by atoms with Gasteiger partial charge in [-0.1, -0.05) is 101 Å². The van der Waals surface area contributed by atoms with Gasteiger partial charge in [0.25, 0.3) is 0 Å². The van der Waals surface area contributed by atoms with Crippen molar-refractivity contribution in [1.29, 1.82) is 0 Å². The Morgan fingerprint density at radius 1 is 0.385 bits per heavy atom. The maximum absolute atomic E-state index is 13.7. The van der Waals surface area contributed by atoms with Crippen LogP contribution in [0.15, 0.2) is 97.1 Å². The highest BCUT2D eigenvalue weighted by molar-refractivity contribution is 6.33. The minimum absolute atomic E-state index is 0.000000000000000444. The summed E-state index contributed by atoms with van der Waals surface area (Å²) in [4.78, 5) is 55.0. The Labute approximate surface area is 637 Å². The summed E-state index contributed by atoms with van der Waals surface area (Å²) in [6.45, 7) is 4.65. The van der Waals surface area contributed by atoms with Crippen molar-refractivity contribution in [2.45, 2.75) is 171 Å². The molecule has 33 heteroatoms. The molecule has 2 saturated heterocycles. The zero-order valence-electron chi connectivity index (χ0n) is 59.2. The number of nitrogens with one attached hydrogen (secondary N) is 6. The minimum Gasteiger partial charge on any atom is -0.399 e. The van der Waals surface area contributed by atoms with Gasteiger partial charge in [-0.3, -0.25) is 0 Å². The number of hydrogen-bond acceptors (Lipinski definition) is 23. The summed E-state index contributed by atoms with van der Waals surface area (Å²) >= 11 is 33.1. The smallest absolute Gasteiger partial charge is 0.233 e. The van der Waals surface area contributed by atoms with Crippen LogP contribution in [-0.4, -0.2) is 154 Å². The van der Waals surface area contributed by atoms with Crippen LogP contribution in [0.4, 0.5) is 76.0 Å². The van der Waals surface area contributed by atoms with Crippen molar-refractivity contribution in [2.24, 2.45) is 5.73 Å². The number of nitrogens with two attached hydrogens (primary N) is 2. The molecule has 0 unspecified atom stereocenters. The van der Waals surface area contributed by atoms with E-state index in [-0.39, 0.29) is 60.9 Å². The van der Waals surface area contributed by atoms with Gasteiger partial charge in [-0.25, -0.2) is 17.6 Å². The fraction of sp³-hybridized carbons (Fsp3) is 0.493. The third kappa shape index (κ3) is 33.5. The van der Waals surface area contributed by atoms with E-state index in [1.807, 2.05) is 6.07 Å². The first-order valence-corrected chi connectivity index (χ1v) is 37.5. The molecular formula is C71H95Cl6F4N23. The van der Waals surface area contributed by atoms with Crippen LogP contribution in [0, 0.1) is 23.3 Å². The molecule has 23 nitrogen and oxygen atoms in total. The highest BCUT2D eigenvalue weighted by Crippen LogP contribution is 2.27. The van der Waals surface area contributed by atoms with Gasteiger partial charge in [-0.15, -0.1) is 0 Å². The molecule has 0 radical (unpaired) electrons. The number of rotatable bonds is 13. The molecule has 4 aromatic heterocycles. The van der Waals surface area contributed by atoms with Gasteiger partial charge in [-0.05, 0) is 254 Å². The van der Waals surface area contributed by atoms with Crippen LogP contribution in [0.25, 0.3) is 0 Å². The van der Waals surface area contributed by atoms with Crippen LogP contribution < -0.4 is 48.3 Å². The predicted octanol–water partition coefficient (Wildman–Crippen LogP) is 17.2. The van der Waals surface area contributed by atoms with E-state index in [2.05, 4.69) is 130 Å². The van der Waals surface area contributed by atoms with Crippen molar-refractivity contribution in [3.63, 3.8) is 0 Å². The molecule has 564 valence electrons. The molecule has 0 atom stereocenters. The molecule has 8 aromatic rings. The SMILES string of the molecule is CN1CCC(N(C)c2nc(Nc3cccc(F)c3)nc(NC3CCCCCC3)n2)CC1.CNC1CCN(C)CC1.Clc1nc(Cl)nc(Cl)n1.Fc1cccc(Nc2nc(Cl)nc(Cl)n2)c1.Fc1cccc(Nc2nc(Cl)nc(NC3CCCCCC3)n2)c1.NC1CCCCCC1.Nc1cccc(F)c1. The molecule has 10 N–H and O–H groups in total. The van der Waals surface area contributed by atoms with Crippen molar-refractivity contribution in [1.82, 2.24) is 74.9 Å². The lowest BCUT2D eigenvalue weighted by Crippen LogP contribution is -2.42. The minimum atomic E-state index is -0.365. The Morgan fingerprint density at radius 2 is 0.702 bits per heavy atom. The first kappa shape index (κ1) is 84.1. The second-order valence-corrected chi connectivity index (χ2v) is 27.8. The molecule has 4 aromatic carbocycles. The van der Waals surface area contributed by atoms with E-state index in [9.17, 15) is 17.6 Å². The van der Waals surface area contributed by atoms with Crippen LogP contribution in [-0.2, 0) is 0 Å². The Kier molecular flexibility index (Phi) is 37.2. The topological polar surface area (TPSA) is 289 Å². The van der Waals surface area contributed by atoms with Crippen molar-refractivity contribution in [2.75, 3.05) is 91.6 Å². The van der Waals surface area contributed by atoms with Gasteiger partial charge in [0.2, 0.25) is 67.4 Å². The highest BCUT2D eigenvalue weighted by atomic mass is 35.5. The first-order valence-electron chi connectivity index (χ1n) is 35.2. The number of piperidine rings is 2. The number of nitrogens with zero attached hydrogens (tertiary/aromatic N) is 15. The molecule has 5 fully saturated rings. The summed E-state index contributed by atoms with van der Waals surface area (Å²) in [7, 11) is 8.46. The summed E-state index contributed by atoms with van der Waals surface area (Å²) in [6, 6.07) is 26.6. The average molecular weight is 1560 g/mol. The van der Waals surface area contributed by atoms with Crippen molar-refractivity contribution >= 4 is 128 Å². The third-order valence-electron chi connectivity index (χ3n) is 17.4. The Bertz CT molecular complexity index is 3700. The highest BCUT2D eigenvalue weighted by Gasteiger charge is 2.25. The fourth-order valence-electron chi connectivity index (χ4n) is 11.8. The van der Waals surface area contributed by atoms with Crippen molar-refractivity contribution in [3.8, 4) is 0 Å². The number of anilines is 10. The van der Waals surface area contributed by atoms with E-state index in [4.69, 9.17) is 86.1 Å². The van der Waals surface area contributed by atoms with Gasteiger partial charge in [0, 0.05) is 60.0 Å². The second-order valence-electron chi connectivity index (χ2n) is 25.8. The van der Waals surface area contributed by atoms with Crippen LogP contribution in [0.1, 0.15) is 141 Å². The summed E-state index contributed by atoms with van der Waals surface area (Å²) < 4.78 is 51.9. The van der Waals surface area contributed by atoms with Crippen LogP contribution in [0.5, 0.6) is 0 Å². The van der Waals surface area contributed by atoms with E-state index in [0.29, 0.717) is 76.7 Å². The first-order chi connectivity index (χ1) is 50.1. The molecule has 104 heavy (non-hydrogen) atoms. The molecular weight excluding hydrogens is 1460 g/mol. The van der Waals surface area contributed by atoms with E-state index in [1.165, 1.54) is 164 Å². The summed E-state index contributed by atoms with van der Waals surface area (Å²) in [5.74, 6) is 1.33. The molecule has 0 spiro atoms. The Balaban J connectivity index is 0.000000182. The van der Waals surface area contributed by atoms with Crippen molar-refractivity contribution < 1.29 is 17.6 Å². The number of nitrogen functional groups attached to an aromatic ring is 1. The van der Waals surface area contributed by atoms with Gasteiger partial charge >= 0.3 is 0 Å². The number of halogens is 10. The second kappa shape index (κ2) is 46.0. The zero-order valence-corrected chi connectivity index (χ0v) is 63.7. The van der Waals surface area contributed by atoms with E-state index in [1.54, 1.807) is 42.5 Å². The van der Waals surface area contributed by atoms with Gasteiger partial charge in [-0.2, -0.15) is 59.8 Å². The fourth-order valence-corrected chi connectivity index (χ4v) is 12.9. The quantitative estimate of drug-likeness (QED) is 0.0302. The molecule has 3 aliphatic carbocycles. The lowest BCUT2D eigenvalue weighted by molar-refractivity contribution is 0.240. The predicted molar refractivity (Wildman–Crippen MR) is 414 cm³/mol. The molecule has 2 aliphatic heterocycles. The zero-order chi connectivity index (χ0) is 74.6. The van der Waals surface area contributed by atoms with Crippen molar-refractivity contribution in [3.05, 3.63) is 152 Å².